The lowest BCUT2D eigenvalue weighted by atomic mass is 10.2. The highest BCUT2D eigenvalue weighted by Gasteiger charge is 2.27. The topological polar surface area (TPSA) is 29.3 Å². The van der Waals surface area contributed by atoms with Gasteiger partial charge in [-0.25, -0.2) is 0 Å². The van der Waals surface area contributed by atoms with Crippen molar-refractivity contribution in [1.29, 1.82) is 0 Å². The van der Waals surface area contributed by atoms with Gasteiger partial charge in [-0.3, -0.25) is 0 Å². The van der Waals surface area contributed by atoms with Gasteiger partial charge in [0.25, 0.3) is 0 Å². The molecule has 0 saturated heterocycles. The Morgan fingerprint density at radius 1 is 1.35 bits per heavy atom. The molecule has 0 amide bonds. The number of nitrogens with two attached hydrogens (primary N) is 1. The first-order chi connectivity index (χ1) is 7.83. The summed E-state index contributed by atoms with van der Waals surface area (Å²) in [7, 11) is 1.63. The monoisotopic (exact) mass is 310 g/mol. The van der Waals surface area contributed by atoms with Crippen molar-refractivity contribution in [2.24, 2.45) is 5.73 Å². The van der Waals surface area contributed by atoms with Crippen LogP contribution in [0.2, 0.25) is 0 Å². The molecule has 0 aromatic heterocycles. The fraction of sp³-hybridized carbons (Fsp3) is 0.455. The van der Waals surface area contributed by atoms with Crippen molar-refractivity contribution in [3.05, 3.63) is 28.2 Å². The van der Waals surface area contributed by atoms with E-state index >= 15 is 0 Å². The number of benzene rings is 1. The number of halogens is 4. The third-order valence-electron chi connectivity index (χ3n) is 2.39. The minimum absolute atomic E-state index is 0.0654. The summed E-state index contributed by atoms with van der Waals surface area (Å²) in [5, 5.41) is 0. The van der Waals surface area contributed by atoms with Crippen LogP contribution in [0, 0.1) is 0 Å². The normalized spacial score (nSPS) is 11.6. The Morgan fingerprint density at radius 3 is 2.47 bits per heavy atom. The molecule has 1 aromatic rings. The molecule has 0 atom stereocenters. The number of hydrogen-bond donors (Lipinski definition) is 1. The molecule has 0 saturated carbocycles. The molecule has 0 heterocycles. The maximum Gasteiger partial charge on any atom is 0.390 e. The van der Waals surface area contributed by atoms with Crippen LogP contribution >= 0.6 is 15.9 Å². The molecule has 96 valence electrons. The molecule has 17 heavy (non-hydrogen) atoms. The maximum atomic E-state index is 12.1. The van der Waals surface area contributed by atoms with E-state index in [9.17, 15) is 13.2 Å². The summed E-state index contributed by atoms with van der Waals surface area (Å²) in [5.74, 6) is 0. The molecule has 1 rings (SSSR count). The highest BCUT2D eigenvalue weighted by molar-refractivity contribution is 9.10. The van der Waals surface area contributed by atoms with Crippen molar-refractivity contribution < 1.29 is 13.2 Å². The molecule has 0 spiro atoms. The fourth-order valence-electron chi connectivity index (χ4n) is 1.40. The van der Waals surface area contributed by atoms with Gasteiger partial charge >= 0.3 is 6.18 Å². The van der Waals surface area contributed by atoms with E-state index in [-0.39, 0.29) is 6.54 Å². The molecule has 0 aliphatic heterocycles. The van der Waals surface area contributed by atoms with Gasteiger partial charge in [-0.2, -0.15) is 13.2 Å². The smallest absolute Gasteiger partial charge is 0.373 e. The molecular formula is C11H14BrF3N2. The number of rotatable bonds is 4. The zero-order chi connectivity index (χ0) is 13.1. The van der Waals surface area contributed by atoms with Crippen LogP contribution in [0.1, 0.15) is 12.0 Å². The first kappa shape index (κ1) is 14.3. The molecule has 0 fully saturated rings. The summed E-state index contributed by atoms with van der Waals surface area (Å²) in [6.45, 7) is 0.342. The van der Waals surface area contributed by atoms with E-state index in [0.29, 0.717) is 6.54 Å². The summed E-state index contributed by atoms with van der Waals surface area (Å²) >= 11 is 3.33. The number of anilines is 1. The summed E-state index contributed by atoms with van der Waals surface area (Å²) in [4.78, 5) is 1.57. The van der Waals surface area contributed by atoms with Crippen molar-refractivity contribution in [2.45, 2.75) is 19.1 Å². The maximum absolute atomic E-state index is 12.1. The van der Waals surface area contributed by atoms with Gasteiger partial charge in [-0.1, -0.05) is 6.07 Å². The molecule has 6 heteroatoms. The zero-order valence-corrected chi connectivity index (χ0v) is 11.0. The highest BCUT2D eigenvalue weighted by atomic mass is 79.9. The van der Waals surface area contributed by atoms with Crippen LogP contribution in [0.4, 0.5) is 18.9 Å². The summed E-state index contributed by atoms with van der Waals surface area (Å²) < 4.78 is 37.0. The standard InChI is InChI=1S/C11H14BrF3N2/c1-17(5-4-11(13,14)15)10-3-2-8(7-16)6-9(10)12/h2-3,6H,4-5,7,16H2,1H3. The molecule has 0 bridgehead atoms. The predicted molar refractivity (Wildman–Crippen MR) is 66.0 cm³/mol. The van der Waals surface area contributed by atoms with Crippen LogP contribution < -0.4 is 10.6 Å². The highest BCUT2D eigenvalue weighted by Crippen LogP contribution is 2.28. The van der Waals surface area contributed by atoms with Crippen LogP contribution in [0.5, 0.6) is 0 Å². The van der Waals surface area contributed by atoms with E-state index in [4.69, 9.17) is 5.73 Å². The summed E-state index contributed by atoms with van der Waals surface area (Å²) in [6.07, 6.45) is -4.95. The second-order valence-electron chi connectivity index (χ2n) is 3.78. The second-order valence-corrected chi connectivity index (χ2v) is 4.63. The largest absolute Gasteiger partial charge is 0.390 e. The average Bonchev–Trinajstić information content (AvgIpc) is 2.24. The van der Waals surface area contributed by atoms with Gasteiger partial charge in [-0.15, -0.1) is 0 Å². The van der Waals surface area contributed by atoms with Gasteiger partial charge in [0.15, 0.2) is 0 Å². The van der Waals surface area contributed by atoms with Crippen molar-refractivity contribution in [3.63, 3.8) is 0 Å². The fourth-order valence-corrected chi connectivity index (χ4v) is 2.13. The van der Waals surface area contributed by atoms with E-state index in [1.807, 2.05) is 12.1 Å². The molecule has 0 aliphatic carbocycles. The number of alkyl halides is 3. The lowest BCUT2D eigenvalue weighted by molar-refractivity contribution is -0.132. The Hall–Kier alpha value is -0.750. The van der Waals surface area contributed by atoms with E-state index in [0.717, 1.165) is 15.7 Å². The van der Waals surface area contributed by atoms with Crippen molar-refractivity contribution in [3.8, 4) is 0 Å². The molecule has 0 radical (unpaired) electrons. The average molecular weight is 311 g/mol. The lowest BCUT2D eigenvalue weighted by Gasteiger charge is -2.21. The van der Waals surface area contributed by atoms with Crippen molar-refractivity contribution >= 4 is 21.6 Å². The van der Waals surface area contributed by atoms with E-state index in [1.54, 1.807) is 18.0 Å². The van der Waals surface area contributed by atoms with Gasteiger partial charge in [0, 0.05) is 24.6 Å². The third-order valence-corrected chi connectivity index (χ3v) is 3.02. The second kappa shape index (κ2) is 5.73. The van der Waals surface area contributed by atoms with E-state index in [1.165, 1.54) is 0 Å². The minimum atomic E-state index is -4.13. The Balaban J connectivity index is 2.72. The van der Waals surface area contributed by atoms with Gasteiger partial charge in [-0.05, 0) is 33.6 Å². The van der Waals surface area contributed by atoms with Crippen LogP contribution in [-0.4, -0.2) is 19.8 Å². The quantitative estimate of drug-likeness (QED) is 0.924. The van der Waals surface area contributed by atoms with E-state index in [2.05, 4.69) is 15.9 Å². The van der Waals surface area contributed by atoms with Crippen molar-refractivity contribution in [2.75, 3.05) is 18.5 Å². The Kier molecular flexibility index (Phi) is 4.82. The van der Waals surface area contributed by atoms with Crippen LogP contribution in [0.25, 0.3) is 0 Å². The Labute approximate surface area is 107 Å². The van der Waals surface area contributed by atoms with Crippen LogP contribution in [-0.2, 0) is 6.54 Å². The molecule has 2 nitrogen and oxygen atoms in total. The Bertz CT molecular complexity index is 379. The lowest BCUT2D eigenvalue weighted by Crippen LogP contribution is -2.24. The summed E-state index contributed by atoms with van der Waals surface area (Å²) in [5.41, 5.74) is 7.14. The van der Waals surface area contributed by atoms with Crippen LogP contribution in [0.3, 0.4) is 0 Å². The van der Waals surface area contributed by atoms with E-state index < -0.39 is 12.6 Å². The van der Waals surface area contributed by atoms with Crippen LogP contribution in [0.15, 0.2) is 22.7 Å². The predicted octanol–water partition coefficient (Wildman–Crippen LogP) is 3.30. The number of hydrogen-bond acceptors (Lipinski definition) is 2. The first-order valence-electron chi connectivity index (χ1n) is 5.10. The van der Waals surface area contributed by atoms with Gasteiger partial charge in [0.05, 0.1) is 12.1 Å². The molecular weight excluding hydrogens is 297 g/mol. The third kappa shape index (κ3) is 4.55. The molecule has 0 aliphatic rings. The van der Waals surface area contributed by atoms with Crippen molar-refractivity contribution in [1.82, 2.24) is 0 Å². The number of nitrogens with zero attached hydrogens (tertiary/aromatic N) is 1. The SMILES string of the molecule is CN(CCC(F)(F)F)c1ccc(CN)cc1Br. The first-order valence-corrected chi connectivity index (χ1v) is 5.89. The molecule has 1 aromatic carbocycles. The van der Waals surface area contributed by atoms with Gasteiger partial charge in [0.1, 0.15) is 0 Å². The van der Waals surface area contributed by atoms with Gasteiger partial charge in [0.2, 0.25) is 0 Å². The Morgan fingerprint density at radius 2 is 2.00 bits per heavy atom. The zero-order valence-electron chi connectivity index (χ0n) is 9.39. The molecule has 2 N–H and O–H groups in total. The summed E-state index contributed by atoms with van der Waals surface area (Å²) in [6, 6.07) is 5.40. The molecule has 0 unspecified atom stereocenters. The minimum Gasteiger partial charge on any atom is -0.373 e. The van der Waals surface area contributed by atoms with Gasteiger partial charge < -0.3 is 10.6 Å².